The van der Waals surface area contributed by atoms with E-state index in [0.29, 0.717) is 12.1 Å². The van der Waals surface area contributed by atoms with Crippen LogP contribution in [-0.4, -0.2) is 32.8 Å². The predicted octanol–water partition coefficient (Wildman–Crippen LogP) is 3.48. The molecule has 1 aromatic heterocycles. The zero-order valence-electron chi connectivity index (χ0n) is 11.6. The predicted molar refractivity (Wildman–Crippen MR) is 79.0 cm³/mol. The van der Waals surface area contributed by atoms with E-state index < -0.39 is 23.9 Å². The number of carbonyl (C=O) groups is 1. The Morgan fingerprint density at radius 3 is 2.85 bits per heavy atom. The molecule has 3 atom stereocenters. The first-order valence-electron chi connectivity index (χ1n) is 6.68. The molecule has 2 aliphatic rings. The Morgan fingerprint density at radius 2 is 2.20 bits per heavy atom. The van der Waals surface area contributed by atoms with Gasteiger partial charge in [-0.1, -0.05) is 0 Å². The summed E-state index contributed by atoms with van der Waals surface area (Å²) >= 11 is 2.08. The number of aromatic amines is 1. The van der Waals surface area contributed by atoms with Crippen molar-refractivity contribution in [1.29, 1.82) is 0 Å². The summed E-state index contributed by atoms with van der Waals surface area (Å²) in [7, 11) is 0. The molecule has 0 spiro atoms. The van der Waals surface area contributed by atoms with Crippen molar-refractivity contribution in [2.75, 3.05) is 0 Å². The first-order chi connectivity index (χ1) is 9.29. The number of nitrogens with one attached hydrogen (secondary N) is 1. The van der Waals surface area contributed by atoms with Gasteiger partial charge in [0.25, 0.3) is 0 Å². The first kappa shape index (κ1) is 14.1. The van der Waals surface area contributed by atoms with Crippen molar-refractivity contribution in [3.63, 3.8) is 0 Å². The van der Waals surface area contributed by atoms with Crippen molar-refractivity contribution in [2.45, 2.75) is 57.5 Å². The Hall–Kier alpha value is -0.860. The highest BCUT2D eigenvalue weighted by Gasteiger charge is 2.51. The van der Waals surface area contributed by atoms with Crippen LogP contribution in [0, 0.1) is 3.70 Å². The van der Waals surface area contributed by atoms with E-state index in [4.69, 9.17) is 4.74 Å². The number of rotatable bonds is 0. The quantitative estimate of drug-likeness (QED) is 0.687. The van der Waals surface area contributed by atoms with E-state index in [1.165, 1.54) is 0 Å². The number of nitrogens with zero attached hydrogens (tertiary/aromatic N) is 2. The van der Waals surface area contributed by atoms with Crippen LogP contribution < -0.4 is 0 Å². The van der Waals surface area contributed by atoms with Crippen molar-refractivity contribution in [3.05, 3.63) is 15.0 Å². The molecular formula is C13H17FIN3O2. The number of fused-ring (bicyclic) bond motifs is 4. The molecule has 2 bridgehead atoms. The van der Waals surface area contributed by atoms with Gasteiger partial charge in [-0.15, -0.1) is 0 Å². The molecule has 1 aromatic rings. The average molecular weight is 393 g/mol. The fourth-order valence-electron chi connectivity index (χ4n) is 3.05. The molecule has 1 N–H and O–H groups in total. The van der Waals surface area contributed by atoms with Crippen LogP contribution in [-0.2, 0) is 4.74 Å². The van der Waals surface area contributed by atoms with E-state index in [-0.39, 0.29) is 6.04 Å². The largest absolute Gasteiger partial charge is 0.444 e. The van der Waals surface area contributed by atoms with Crippen LogP contribution in [0.15, 0.2) is 0 Å². The van der Waals surface area contributed by atoms with E-state index in [1.807, 2.05) is 20.8 Å². The molecule has 1 fully saturated rings. The van der Waals surface area contributed by atoms with Gasteiger partial charge in [0.05, 0.1) is 17.8 Å². The van der Waals surface area contributed by atoms with Gasteiger partial charge in [0, 0.05) is 5.56 Å². The van der Waals surface area contributed by atoms with Gasteiger partial charge >= 0.3 is 6.09 Å². The summed E-state index contributed by atoms with van der Waals surface area (Å²) in [6.07, 6.45) is -0.237. The van der Waals surface area contributed by atoms with Gasteiger partial charge < -0.3 is 4.74 Å². The Morgan fingerprint density at radius 1 is 1.50 bits per heavy atom. The van der Waals surface area contributed by atoms with E-state index in [0.717, 1.165) is 15.7 Å². The highest BCUT2D eigenvalue weighted by molar-refractivity contribution is 14.1. The van der Waals surface area contributed by atoms with Crippen LogP contribution in [0.3, 0.4) is 0 Å². The summed E-state index contributed by atoms with van der Waals surface area (Å²) in [6, 6.07) is -0.568. The summed E-state index contributed by atoms with van der Waals surface area (Å²) in [4.78, 5) is 13.9. The molecule has 7 heteroatoms. The molecule has 20 heavy (non-hydrogen) atoms. The van der Waals surface area contributed by atoms with Crippen LogP contribution >= 0.6 is 22.6 Å². The molecular weight excluding hydrogens is 376 g/mol. The van der Waals surface area contributed by atoms with Gasteiger partial charge in [-0.2, -0.15) is 5.10 Å². The highest BCUT2D eigenvalue weighted by Crippen LogP contribution is 2.50. The molecule has 0 saturated carbocycles. The van der Waals surface area contributed by atoms with Crippen LogP contribution in [0.2, 0.25) is 0 Å². The number of aromatic nitrogens is 2. The van der Waals surface area contributed by atoms with Gasteiger partial charge in [-0.25, -0.2) is 9.18 Å². The summed E-state index contributed by atoms with van der Waals surface area (Å²) in [5, 5.41) is 6.85. The Balaban J connectivity index is 1.96. The molecule has 3 heterocycles. The minimum atomic E-state index is -1.22. The standard InChI is InChI=1S/C13H17FIN3O2/c1-13(2,3)20-12(19)18-6-4-5-7(18)9(14)10-8(6)11(15)17-16-10/h6-7,9H,4-5H2,1-3H3,(H,16,17)/t6-,7+,9+/m1/s1. The maximum atomic E-state index is 14.6. The number of hydrogen-bond acceptors (Lipinski definition) is 3. The number of carbonyl (C=O) groups excluding carboxylic acids is 1. The summed E-state index contributed by atoms with van der Waals surface area (Å²) in [6.45, 7) is 5.45. The van der Waals surface area contributed by atoms with Crippen LogP contribution in [0.5, 0.6) is 0 Å². The summed E-state index contributed by atoms with van der Waals surface area (Å²) in [5.41, 5.74) is 0.769. The number of amides is 1. The zero-order chi connectivity index (χ0) is 14.7. The lowest BCUT2D eigenvalue weighted by Crippen LogP contribution is -2.45. The molecule has 2 aliphatic heterocycles. The molecule has 0 radical (unpaired) electrons. The molecule has 0 aromatic carbocycles. The lowest BCUT2D eigenvalue weighted by atomic mass is 9.99. The normalized spacial score (nSPS) is 28.4. The maximum absolute atomic E-state index is 14.6. The second kappa shape index (κ2) is 4.57. The second-order valence-electron chi connectivity index (χ2n) is 6.29. The van der Waals surface area contributed by atoms with E-state index in [9.17, 15) is 9.18 Å². The molecule has 5 nitrogen and oxygen atoms in total. The Labute approximate surface area is 130 Å². The average Bonchev–Trinajstić information content (AvgIpc) is 2.86. The van der Waals surface area contributed by atoms with Crippen LogP contribution in [0.1, 0.15) is 57.1 Å². The number of hydrogen-bond donors (Lipinski definition) is 1. The van der Waals surface area contributed by atoms with Crippen molar-refractivity contribution < 1.29 is 13.9 Å². The van der Waals surface area contributed by atoms with Crippen molar-refractivity contribution >= 4 is 28.7 Å². The van der Waals surface area contributed by atoms with Crippen LogP contribution in [0.4, 0.5) is 9.18 Å². The third-order valence-corrected chi connectivity index (χ3v) is 4.59. The molecule has 0 aliphatic carbocycles. The SMILES string of the molecule is CC(C)(C)OC(=O)N1[C@@H]2CC[C@H]1[C@H](F)c1[nH]nc(I)c12. The minimum Gasteiger partial charge on any atom is -0.444 e. The topological polar surface area (TPSA) is 58.2 Å². The van der Waals surface area contributed by atoms with Gasteiger partial charge in [0.1, 0.15) is 9.30 Å². The van der Waals surface area contributed by atoms with Crippen molar-refractivity contribution in [2.24, 2.45) is 0 Å². The smallest absolute Gasteiger partial charge is 0.411 e. The monoisotopic (exact) mass is 393 g/mol. The highest BCUT2D eigenvalue weighted by atomic mass is 127. The van der Waals surface area contributed by atoms with Gasteiger partial charge in [-0.05, 0) is 56.2 Å². The summed E-state index contributed by atoms with van der Waals surface area (Å²) in [5.74, 6) is 0. The van der Waals surface area contributed by atoms with Crippen molar-refractivity contribution in [3.8, 4) is 0 Å². The molecule has 1 saturated heterocycles. The third kappa shape index (κ3) is 2.10. The van der Waals surface area contributed by atoms with Crippen molar-refractivity contribution in [1.82, 2.24) is 15.1 Å². The fourth-order valence-corrected chi connectivity index (χ4v) is 3.82. The second-order valence-corrected chi connectivity index (χ2v) is 7.31. The lowest BCUT2D eigenvalue weighted by molar-refractivity contribution is 0.000976. The number of halogens is 2. The fraction of sp³-hybridized carbons (Fsp3) is 0.692. The Bertz CT molecular complexity index is 554. The number of alkyl halides is 1. The number of ether oxygens (including phenoxy) is 1. The lowest BCUT2D eigenvalue weighted by Gasteiger charge is -2.37. The van der Waals surface area contributed by atoms with Gasteiger partial charge in [0.2, 0.25) is 0 Å². The van der Waals surface area contributed by atoms with Gasteiger partial charge in [0.15, 0.2) is 6.17 Å². The maximum Gasteiger partial charge on any atom is 0.411 e. The third-order valence-electron chi connectivity index (χ3n) is 3.77. The molecule has 3 rings (SSSR count). The zero-order valence-corrected chi connectivity index (χ0v) is 13.8. The molecule has 0 unspecified atom stereocenters. The van der Waals surface area contributed by atoms with Gasteiger partial charge in [-0.3, -0.25) is 10.00 Å². The first-order valence-corrected chi connectivity index (χ1v) is 7.76. The molecule has 110 valence electrons. The number of H-pyrrole nitrogens is 1. The van der Waals surface area contributed by atoms with Crippen LogP contribution in [0.25, 0.3) is 0 Å². The van der Waals surface area contributed by atoms with E-state index in [1.54, 1.807) is 4.90 Å². The Kier molecular flexibility index (Phi) is 3.22. The summed E-state index contributed by atoms with van der Waals surface area (Å²) < 4.78 is 20.8. The van der Waals surface area contributed by atoms with E-state index >= 15 is 0 Å². The molecule has 1 amide bonds. The van der Waals surface area contributed by atoms with E-state index in [2.05, 4.69) is 32.8 Å². The minimum absolute atomic E-state index is 0.123.